The van der Waals surface area contributed by atoms with E-state index in [4.69, 9.17) is 4.74 Å². The smallest absolute Gasteiger partial charge is 0.321 e. The van der Waals surface area contributed by atoms with Crippen LogP contribution < -0.4 is 0 Å². The van der Waals surface area contributed by atoms with Crippen LogP contribution in [0.5, 0.6) is 0 Å². The number of carbonyl (C=O) groups is 1. The fourth-order valence-corrected chi connectivity index (χ4v) is 2.41. The van der Waals surface area contributed by atoms with E-state index in [0.717, 1.165) is 10.0 Å². The third kappa shape index (κ3) is 3.69. The molecule has 1 unspecified atom stereocenters. The summed E-state index contributed by atoms with van der Waals surface area (Å²) in [6.45, 7) is 6.13. The first-order chi connectivity index (χ1) is 10.0. The van der Waals surface area contributed by atoms with Gasteiger partial charge >= 0.3 is 5.97 Å². The molecule has 1 heterocycles. The Morgan fingerprint density at radius 3 is 2.76 bits per heavy atom. The van der Waals surface area contributed by atoms with Crippen molar-refractivity contribution in [3.05, 3.63) is 46.0 Å². The van der Waals surface area contributed by atoms with Gasteiger partial charge in [-0.3, -0.25) is 9.89 Å². The van der Waals surface area contributed by atoms with Gasteiger partial charge in [-0.1, -0.05) is 41.9 Å². The molecule has 0 radical (unpaired) electrons. The van der Waals surface area contributed by atoms with Crippen LogP contribution in [0.15, 0.2) is 28.7 Å². The van der Waals surface area contributed by atoms with Gasteiger partial charge in [-0.25, -0.2) is 4.98 Å². The Bertz CT molecular complexity index is 625. The summed E-state index contributed by atoms with van der Waals surface area (Å²) in [6.07, 6.45) is 0. The van der Waals surface area contributed by atoms with Crippen LogP contribution in [0.1, 0.15) is 49.8 Å². The largest absolute Gasteiger partial charge is 0.465 e. The van der Waals surface area contributed by atoms with Crippen LogP contribution in [0.4, 0.5) is 0 Å². The lowest BCUT2D eigenvalue weighted by atomic mass is 9.98. The zero-order chi connectivity index (χ0) is 15.4. The van der Waals surface area contributed by atoms with Crippen LogP contribution >= 0.6 is 15.9 Å². The molecular formula is C15H18BrN3O2. The molecule has 0 bridgehead atoms. The highest BCUT2D eigenvalue weighted by atomic mass is 79.9. The summed E-state index contributed by atoms with van der Waals surface area (Å²) < 4.78 is 6.08. The second kappa shape index (κ2) is 6.85. The van der Waals surface area contributed by atoms with Crippen molar-refractivity contribution in [1.82, 2.24) is 15.2 Å². The van der Waals surface area contributed by atoms with Crippen LogP contribution in [0.25, 0.3) is 0 Å². The van der Waals surface area contributed by atoms with Crippen molar-refractivity contribution in [1.29, 1.82) is 0 Å². The molecule has 0 aliphatic heterocycles. The Morgan fingerprint density at radius 1 is 1.43 bits per heavy atom. The second-order valence-corrected chi connectivity index (χ2v) is 5.89. The number of halogens is 1. The number of esters is 1. The first kappa shape index (κ1) is 15.7. The molecule has 0 aliphatic rings. The topological polar surface area (TPSA) is 67.9 Å². The van der Waals surface area contributed by atoms with Crippen LogP contribution in [0.2, 0.25) is 0 Å². The van der Waals surface area contributed by atoms with Crippen molar-refractivity contribution < 1.29 is 9.53 Å². The van der Waals surface area contributed by atoms with E-state index in [0.29, 0.717) is 18.3 Å². The summed E-state index contributed by atoms with van der Waals surface area (Å²) in [5, 5.41) is 7.04. The maximum atomic E-state index is 12.3. The van der Waals surface area contributed by atoms with E-state index in [1.807, 2.05) is 38.1 Å². The van der Waals surface area contributed by atoms with Gasteiger partial charge in [0, 0.05) is 10.4 Å². The first-order valence-electron chi connectivity index (χ1n) is 6.87. The van der Waals surface area contributed by atoms with Gasteiger partial charge in [-0.05, 0) is 24.6 Å². The lowest BCUT2D eigenvalue weighted by Gasteiger charge is -2.13. The van der Waals surface area contributed by atoms with E-state index >= 15 is 0 Å². The van der Waals surface area contributed by atoms with E-state index in [2.05, 4.69) is 31.1 Å². The highest BCUT2D eigenvalue weighted by Gasteiger charge is 2.28. The predicted octanol–water partition coefficient (Wildman–Crippen LogP) is 3.39. The molecule has 5 nitrogen and oxygen atoms in total. The number of benzene rings is 1. The fraction of sp³-hybridized carbons (Fsp3) is 0.400. The molecule has 6 heteroatoms. The highest BCUT2D eigenvalue weighted by Crippen LogP contribution is 2.26. The average Bonchev–Trinajstić information content (AvgIpc) is 2.89. The minimum Gasteiger partial charge on any atom is -0.465 e. The molecule has 0 amide bonds. The molecule has 1 aromatic heterocycles. The van der Waals surface area contributed by atoms with Gasteiger partial charge in [0.2, 0.25) is 0 Å². The van der Waals surface area contributed by atoms with Crippen molar-refractivity contribution in [2.45, 2.75) is 32.6 Å². The molecule has 0 spiro atoms. The minimum atomic E-state index is -0.595. The molecule has 1 atom stereocenters. The lowest BCUT2D eigenvalue weighted by molar-refractivity contribution is -0.144. The van der Waals surface area contributed by atoms with Gasteiger partial charge in [-0.15, -0.1) is 0 Å². The summed E-state index contributed by atoms with van der Waals surface area (Å²) >= 11 is 3.42. The fourth-order valence-electron chi connectivity index (χ4n) is 1.99. The Labute approximate surface area is 132 Å². The normalized spacial score (nSPS) is 12.4. The number of nitrogens with one attached hydrogen (secondary N) is 1. The summed E-state index contributed by atoms with van der Waals surface area (Å²) in [6, 6.07) is 7.56. The third-order valence-corrected chi connectivity index (χ3v) is 3.51. The quantitative estimate of drug-likeness (QED) is 0.838. The van der Waals surface area contributed by atoms with Crippen LogP contribution in [-0.2, 0) is 9.53 Å². The van der Waals surface area contributed by atoms with Gasteiger partial charge in [0.1, 0.15) is 11.7 Å². The number of aromatic nitrogens is 3. The van der Waals surface area contributed by atoms with Gasteiger partial charge in [-0.2, -0.15) is 5.10 Å². The van der Waals surface area contributed by atoms with Crippen LogP contribution in [-0.4, -0.2) is 27.8 Å². The van der Waals surface area contributed by atoms with Crippen LogP contribution in [0, 0.1) is 0 Å². The maximum absolute atomic E-state index is 12.3. The zero-order valence-electron chi connectivity index (χ0n) is 12.3. The lowest BCUT2D eigenvalue weighted by Crippen LogP contribution is -2.18. The zero-order valence-corrected chi connectivity index (χ0v) is 13.8. The number of hydrogen-bond donors (Lipinski definition) is 1. The maximum Gasteiger partial charge on any atom is 0.321 e. The summed E-state index contributed by atoms with van der Waals surface area (Å²) in [5.74, 6) is 0.467. The standard InChI is InChI=1S/C15H18BrN3O2/c1-4-21-15(20)12(10-6-5-7-11(16)8-10)14-17-13(9(2)3)18-19-14/h5-9,12H,4H2,1-3H3,(H,17,18,19). The van der Waals surface area contributed by atoms with Crippen molar-refractivity contribution in [2.75, 3.05) is 6.61 Å². The number of hydrogen-bond acceptors (Lipinski definition) is 4. The van der Waals surface area contributed by atoms with Crippen molar-refractivity contribution >= 4 is 21.9 Å². The SMILES string of the molecule is CCOC(=O)C(c1cccc(Br)c1)c1nc(C(C)C)n[nH]1. The predicted molar refractivity (Wildman–Crippen MR) is 83.1 cm³/mol. The molecule has 0 saturated heterocycles. The van der Waals surface area contributed by atoms with E-state index in [1.54, 1.807) is 6.92 Å². The Morgan fingerprint density at radius 2 is 2.19 bits per heavy atom. The molecule has 0 aliphatic carbocycles. The van der Waals surface area contributed by atoms with Crippen molar-refractivity contribution in [2.24, 2.45) is 0 Å². The highest BCUT2D eigenvalue weighted by molar-refractivity contribution is 9.10. The average molecular weight is 352 g/mol. The second-order valence-electron chi connectivity index (χ2n) is 4.97. The molecule has 2 rings (SSSR count). The van der Waals surface area contributed by atoms with Gasteiger partial charge in [0.15, 0.2) is 5.82 Å². The Hall–Kier alpha value is -1.69. The molecule has 21 heavy (non-hydrogen) atoms. The minimum absolute atomic E-state index is 0.195. The summed E-state index contributed by atoms with van der Waals surface area (Å²) in [4.78, 5) is 16.7. The van der Waals surface area contributed by atoms with Gasteiger partial charge in [0.25, 0.3) is 0 Å². The molecule has 1 aromatic carbocycles. The van der Waals surface area contributed by atoms with E-state index < -0.39 is 5.92 Å². The number of carbonyl (C=O) groups excluding carboxylic acids is 1. The molecule has 0 fully saturated rings. The van der Waals surface area contributed by atoms with E-state index in [9.17, 15) is 4.79 Å². The van der Waals surface area contributed by atoms with Gasteiger partial charge < -0.3 is 4.74 Å². The van der Waals surface area contributed by atoms with Crippen molar-refractivity contribution in [3.8, 4) is 0 Å². The summed E-state index contributed by atoms with van der Waals surface area (Å²) in [7, 11) is 0. The monoisotopic (exact) mass is 351 g/mol. The van der Waals surface area contributed by atoms with Gasteiger partial charge in [0.05, 0.1) is 6.61 Å². The third-order valence-electron chi connectivity index (χ3n) is 3.01. The molecule has 1 N–H and O–H groups in total. The Kier molecular flexibility index (Phi) is 5.12. The number of rotatable bonds is 5. The number of H-pyrrole nitrogens is 1. The number of nitrogens with zero attached hydrogens (tertiary/aromatic N) is 2. The number of aromatic amines is 1. The molecule has 2 aromatic rings. The molecule has 0 saturated carbocycles. The van der Waals surface area contributed by atoms with E-state index in [1.165, 1.54) is 0 Å². The summed E-state index contributed by atoms with van der Waals surface area (Å²) in [5.41, 5.74) is 0.814. The van der Waals surface area contributed by atoms with Crippen LogP contribution in [0.3, 0.4) is 0 Å². The Balaban J connectivity index is 2.42. The molecule has 112 valence electrons. The molecular weight excluding hydrogens is 334 g/mol. The van der Waals surface area contributed by atoms with E-state index in [-0.39, 0.29) is 11.9 Å². The van der Waals surface area contributed by atoms with Crippen molar-refractivity contribution in [3.63, 3.8) is 0 Å². The first-order valence-corrected chi connectivity index (χ1v) is 7.66. The number of ether oxygens (including phenoxy) is 1.